The van der Waals surface area contributed by atoms with Crippen LogP contribution in [0.4, 0.5) is 11.5 Å². The van der Waals surface area contributed by atoms with Crippen LogP contribution in [0.1, 0.15) is 44.4 Å². The number of piperazine rings is 1. The predicted molar refractivity (Wildman–Crippen MR) is 133 cm³/mol. The van der Waals surface area contributed by atoms with Crippen molar-refractivity contribution < 1.29 is 4.79 Å². The molecule has 1 aromatic heterocycles. The maximum Gasteiger partial charge on any atom is 0.231 e. The first-order valence-corrected chi connectivity index (χ1v) is 12.3. The van der Waals surface area contributed by atoms with Gasteiger partial charge in [0.15, 0.2) is 0 Å². The van der Waals surface area contributed by atoms with Crippen molar-refractivity contribution in [2.24, 2.45) is 5.41 Å². The van der Waals surface area contributed by atoms with Crippen LogP contribution >= 0.6 is 23.2 Å². The predicted octanol–water partition coefficient (Wildman–Crippen LogP) is 5.44. The number of hydrogen-bond acceptors (Lipinski definition) is 4. The van der Waals surface area contributed by atoms with E-state index in [1.54, 1.807) is 0 Å². The molecule has 0 aliphatic carbocycles. The topological polar surface area (TPSA) is 48.5 Å². The van der Waals surface area contributed by atoms with Gasteiger partial charge in [-0.2, -0.15) is 0 Å². The van der Waals surface area contributed by atoms with E-state index < -0.39 is 0 Å². The Hall–Kier alpha value is -1.82. The highest BCUT2D eigenvalue weighted by Gasteiger charge is 2.34. The number of anilines is 2. The normalized spacial score (nSPS) is 18.4. The first kappa shape index (κ1) is 23.3. The molecule has 2 aliphatic rings. The number of halogens is 2. The van der Waals surface area contributed by atoms with Crippen LogP contribution in [0.5, 0.6) is 0 Å². The summed E-state index contributed by atoms with van der Waals surface area (Å²) in [6.45, 7) is 9.12. The summed E-state index contributed by atoms with van der Waals surface area (Å²) in [6, 6.07) is 10.1. The van der Waals surface area contributed by atoms with Gasteiger partial charge in [0.2, 0.25) is 5.91 Å². The molecular formula is C25H32Cl2N4O. The fourth-order valence-corrected chi connectivity index (χ4v) is 4.93. The van der Waals surface area contributed by atoms with Crippen LogP contribution in [0.2, 0.25) is 10.0 Å². The van der Waals surface area contributed by atoms with Crippen LogP contribution in [0.3, 0.4) is 0 Å². The summed E-state index contributed by atoms with van der Waals surface area (Å²) in [4.78, 5) is 21.8. The minimum atomic E-state index is -0.359. The van der Waals surface area contributed by atoms with E-state index in [0.29, 0.717) is 10.0 Å². The average molecular weight is 475 g/mol. The molecule has 1 saturated heterocycles. The Balaban J connectivity index is 1.17. The molecule has 2 aliphatic heterocycles. The lowest BCUT2D eigenvalue weighted by Crippen LogP contribution is -2.46. The summed E-state index contributed by atoms with van der Waals surface area (Å²) in [5, 5.41) is 4.25. The minimum Gasteiger partial charge on any atom is -0.368 e. The minimum absolute atomic E-state index is 0.0624. The maximum absolute atomic E-state index is 12.2. The van der Waals surface area contributed by atoms with E-state index in [4.69, 9.17) is 28.2 Å². The summed E-state index contributed by atoms with van der Waals surface area (Å²) in [5.41, 5.74) is 2.88. The molecular weight excluding hydrogens is 443 g/mol. The maximum atomic E-state index is 12.2. The third-order valence-corrected chi connectivity index (χ3v) is 7.38. The molecule has 2 aromatic rings. The third kappa shape index (κ3) is 5.38. The Bertz CT molecular complexity index is 970. The molecule has 0 unspecified atom stereocenters. The lowest BCUT2D eigenvalue weighted by Gasteiger charge is -2.36. The number of carbonyl (C=O) groups excluding carboxylic acids is 1. The Kier molecular flexibility index (Phi) is 7.28. The van der Waals surface area contributed by atoms with Crippen molar-refractivity contribution in [2.45, 2.75) is 46.0 Å². The number of aromatic nitrogens is 1. The lowest BCUT2D eigenvalue weighted by molar-refractivity contribution is -0.124. The van der Waals surface area contributed by atoms with Gasteiger partial charge in [-0.1, -0.05) is 55.6 Å². The highest BCUT2D eigenvalue weighted by Crippen LogP contribution is 2.33. The molecule has 0 atom stereocenters. The Labute approximate surface area is 201 Å². The van der Waals surface area contributed by atoms with E-state index in [-0.39, 0.29) is 11.3 Å². The van der Waals surface area contributed by atoms with Gasteiger partial charge in [-0.3, -0.25) is 9.69 Å². The summed E-state index contributed by atoms with van der Waals surface area (Å²) in [6.07, 6.45) is 5.18. The number of aryl methyl sites for hydroxylation is 1. The largest absolute Gasteiger partial charge is 0.368 e. The quantitative estimate of drug-likeness (QED) is 0.542. The number of nitrogens with one attached hydrogen (secondary N) is 1. The van der Waals surface area contributed by atoms with E-state index >= 15 is 0 Å². The van der Waals surface area contributed by atoms with Crippen LogP contribution in [-0.4, -0.2) is 48.5 Å². The number of pyridine rings is 1. The van der Waals surface area contributed by atoms with E-state index in [1.807, 2.05) is 32.0 Å². The van der Waals surface area contributed by atoms with Crippen LogP contribution in [0.15, 0.2) is 30.3 Å². The van der Waals surface area contributed by atoms with Crippen molar-refractivity contribution in [1.82, 2.24) is 9.88 Å². The number of carbonyl (C=O) groups is 1. The Morgan fingerprint density at radius 1 is 1.03 bits per heavy atom. The highest BCUT2D eigenvalue weighted by molar-refractivity contribution is 6.43. The molecule has 7 heteroatoms. The molecule has 0 bridgehead atoms. The molecule has 1 N–H and O–H groups in total. The van der Waals surface area contributed by atoms with Gasteiger partial charge in [-0.25, -0.2) is 4.98 Å². The first-order chi connectivity index (χ1) is 15.3. The zero-order valence-corrected chi connectivity index (χ0v) is 20.5. The molecule has 172 valence electrons. The van der Waals surface area contributed by atoms with Gasteiger partial charge in [-0.05, 0) is 56.0 Å². The lowest BCUT2D eigenvalue weighted by atomic mass is 9.82. The number of fused-ring (bicyclic) bond motifs is 1. The van der Waals surface area contributed by atoms with Gasteiger partial charge < -0.3 is 10.2 Å². The first-order valence-electron chi connectivity index (χ1n) is 11.5. The van der Waals surface area contributed by atoms with Gasteiger partial charge in [0.05, 0.1) is 15.7 Å². The SMILES string of the molecule is CC1(C)Cc2ccc(CCCCCN3CCN(c4cccc(Cl)c4Cl)CC3)nc2NC1=O. The molecule has 1 aromatic carbocycles. The van der Waals surface area contributed by atoms with E-state index in [2.05, 4.69) is 27.2 Å². The number of hydrogen-bond donors (Lipinski definition) is 1. The molecule has 5 nitrogen and oxygen atoms in total. The van der Waals surface area contributed by atoms with E-state index in [1.165, 1.54) is 12.8 Å². The van der Waals surface area contributed by atoms with Crippen molar-refractivity contribution in [3.05, 3.63) is 51.6 Å². The van der Waals surface area contributed by atoms with Crippen molar-refractivity contribution in [1.29, 1.82) is 0 Å². The second-order valence-corrected chi connectivity index (χ2v) is 10.3. The molecule has 3 heterocycles. The van der Waals surface area contributed by atoms with Crippen LogP contribution in [-0.2, 0) is 17.6 Å². The standard InChI is InChI=1S/C25H32Cl2N4O/c1-25(2)17-18-10-11-19(28-23(18)29-24(25)32)7-4-3-5-12-30-13-15-31(16-14-30)21-9-6-8-20(26)22(21)27/h6,8-11H,3-5,7,12-17H2,1-2H3,(H,28,29,32). The number of unbranched alkanes of at least 4 members (excludes halogenated alkanes) is 2. The Morgan fingerprint density at radius 3 is 2.59 bits per heavy atom. The monoisotopic (exact) mass is 474 g/mol. The molecule has 4 rings (SSSR count). The zero-order chi connectivity index (χ0) is 22.7. The summed E-state index contributed by atoms with van der Waals surface area (Å²) in [7, 11) is 0. The van der Waals surface area contributed by atoms with Gasteiger partial charge in [0.25, 0.3) is 0 Å². The van der Waals surface area contributed by atoms with Crippen molar-refractivity contribution in [2.75, 3.05) is 42.9 Å². The smallest absolute Gasteiger partial charge is 0.231 e. The van der Waals surface area contributed by atoms with Gasteiger partial charge in [-0.15, -0.1) is 0 Å². The molecule has 0 saturated carbocycles. The van der Waals surface area contributed by atoms with E-state index in [0.717, 1.165) is 74.7 Å². The molecule has 1 fully saturated rings. The van der Waals surface area contributed by atoms with Crippen LogP contribution in [0, 0.1) is 5.41 Å². The number of amides is 1. The molecule has 0 radical (unpaired) electrons. The third-order valence-electron chi connectivity index (χ3n) is 6.57. The van der Waals surface area contributed by atoms with Gasteiger partial charge in [0, 0.05) is 37.3 Å². The highest BCUT2D eigenvalue weighted by atomic mass is 35.5. The van der Waals surface area contributed by atoms with E-state index in [9.17, 15) is 4.79 Å². The van der Waals surface area contributed by atoms with Crippen molar-refractivity contribution in [3.63, 3.8) is 0 Å². The fraction of sp³-hybridized carbons (Fsp3) is 0.520. The zero-order valence-electron chi connectivity index (χ0n) is 19.0. The number of rotatable bonds is 7. The second-order valence-electron chi connectivity index (χ2n) is 9.54. The van der Waals surface area contributed by atoms with Gasteiger partial charge >= 0.3 is 0 Å². The van der Waals surface area contributed by atoms with Crippen LogP contribution in [0.25, 0.3) is 0 Å². The summed E-state index contributed by atoms with van der Waals surface area (Å²) >= 11 is 12.5. The summed E-state index contributed by atoms with van der Waals surface area (Å²) in [5.74, 6) is 0.817. The summed E-state index contributed by atoms with van der Waals surface area (Å²) < 4.78 is 0. The molecule has 32 heavy (non-hydrogen) atoms. The number of benzene rings is 1. The molecule has 0 spiro atoms. The van der Waals surface area contributed by atoms with Crippen molar-refractivity contribution >= 4 is 40.6 Å². The fourth-order valence-electron chi connectivity index (χ4n) is 4.52. The second kappa shape index (κ2) is 9.98. The van der Waals surface area contributed by atoms with Crippen molar-refractivity contribution in [3.8, 4) is 0 Å². The molecule has 1 amide bonds. The number of nitrogens with zero attached hydrogens (tertiary/aromatic N) is 3. The van der Waals surface area contributed by atoms with Gasteiger partial charge in [0.1, 0.15) is 5.82 Å². The van der Waals surface area contributed by atoms with Crippen LogP contribution < -0.4 is 10.2 Å². The Morgan fingerprint density at radius 2 is 1.81 bits per heavy atom. The average Bonchev–Trinajstić information content (AvgIpc) is 2.77.